The minimum absolute atomic E-state index is 0.00511. The molecule has 0 fully saturated rings. The number of aromatic nitrogens is 2. The topological polar surface area (TPSA) is 81.4 Å². The van der Waals surface area contributed by atoms with E-state index >= 15 is 0 Å². The number of imidazole rings is 1. The number of aromatic hydroxyl groups is 1. The van der Waals surface area contributed by atoms with E-state index in [0.717, 1.165) is 0 Å². The Morgan fingerprint density at radius 3 is 2.55 bits per heavy atom. The van der Waals surface area contributed by atoms with Gasteiger partial charge in [0.05, 0.1) is 13.7 Å². The number of phenolic OH excluding ortho intramolecular Hbond substituents is 1. The molecule has 1 N–H and O–H groups in total. The van der Waals surface area contributed by atoms with Crippen LogP contribution in [-0.4, -0.2) is 33.5 Å². The van der Waals surface area contributed by atoms with Crippen molar-refractivity contribution < 1.29 is 19.4 Å². The average molecular weight is 497 g/mol. The predicted molar refractivity (Wildman–Crippen MR) is 89.1 cm³/mol. The Bertz CT molecular complexity index is 758. The largest absolute Gasteiger partial charge is 0.507 e. The summed E-state index contributed by atoms with van der Waals surface area (Å²) in [7, 11) is 1.20. The summed E-state index contributed by atoms with van der Waals surface area (Å²) in [6.07, 6.45) is 0. The van der Waals surface area contributed by atoms with Crippen molar-refractivity contribution in [2.75, 3.05) is 7.11 Å². The Labute approximate surface area is 150 Å². The molecule has 0 unspecified atom stereocenters. The molecular formula is C13H9Br3N2O4. The van der Waals surface area contributed by atoms with Gasteiger partial charge in [-0.05, 0) is 66.0 Å². The number of carbonyl (C=O) groups excluding carboxylic acids is 2. The number of carbonyl (C=O) groups is 2. The molecule has 0 atom stereocenters. The zero-order chi connectivity index (χ0) is 16.4. The fourth-order valence-corrected chi connectivity index (χ4v) is 3.45. The number of benzene rings is 1. The molecule has 0 bridgehead atoms. The Morgan fingerprint density at radius 2 is 2.00 bits per heavy atom. The summed E-state index contributed by atoms with van der Waals surface area (Å²) in [5, 5.41) is 9.65. The number of Topliss-reactive ketones (excluding diaryl/α,β-unsaturated/α-hetero) is 1. The van der Waals surface area contributed by atoms with Gasteiger partial charge in [0.25, 0.3) is 0 Å². The van der Waals surface area contributed by atoms with E-state index in [0.29, 0.717) is 13.9 Å². The second kappa shape index (κ2) is 6.93. The molecule has 0 radical (unpaired) electrons. The summed E-state index contributed by atoms with van der Waals surface area (Å²) in [6, 6.07) is 4.03. The predicted octanol–water partition coefficient (Wildman–Crippen LogP) is 3.55. The lowest BCUT2D eigenvalue weighted by Crippen LogP contribution is -2.12. The van der Waals surface area contributed by atoms with Gasteiger partial charge in [-0.15, -0.1) is 0 Å². The number of hydrogen-bond acceptors (Lipinski definition) is 5. The van der Waals surface area contributed by atoms with Crippen molar-refractivity contribution in [3.8, 4) is 5.75 Å². The molecule has 0 aliphatic carbocycles. The highest BCUT2D eigenvalue weighted by molar-refractivity contribution is 9.13. The number of halogens is 3. The summed E-state index contributed by atoms with van der Waals surface area (Å²) >= 11 is 9.82. The fraction of sp³-hybridized carbons (Fsp3) is 0.154. The van der Waals surface area contributed by atoms with Crippen molar-refractivity contribution >= 4 is 59.5 Å². The Balaban J connectivity index is 2.32. The normalized spacial score (nSPS) is 10.5. The molecule has 2 rings (SSSR count). The molecule has 0 saturated heterocycles. The second-order valence-corrected chi connectivity index (χ2v) is 6.41. The highest BCUT2D eigenvalue weighted by Gasteiger charge is 2.18. The zero-order valence-corrected chi connectivity index (χ0v) is 15.9. The van der Waals surface area contributed by atoms with Crippen LogP contribution in [-0.2, 0) is 11.3 Å². The van der Waals surface area contributed by atoms with Gasteiger partial charge in [-0.25, -0.2) is 9.78 Å². The van der Waals surface area contributed by atoms with Gasteiger partial charge in [-0.3, -0.25) is 4.79 Å². The molecule has 1 aromatic carbocycles. The van der Waals surface area contributed by atoms with E-state index < -0.39 is 5.97 Å². The van der Waals surface area contributed by atoms with Crippen molar-refractivity contribution in [1.29, 1.82) is 0 Å². The van der Waals surface area contributed by atoms with Gasteiger partial charge >= 0.3 is 5.97 Å². The SMILES string of the molecule is COC(=O)c1cc(C(=O)Cn2c(Br)nc(Br)c2Br)ccc1O. The first-order valence-corrected chi connectivity index (χ1v) is 8.24. The smallest absolute Gasteiger partial charge is 0.341 e. The number of hydrogen-bond donors (Lipinski definition) is 1. The number of ether oxygens (including phenoxy) is 1. The monoisotopic (exact) mass is 494 g/mol. The minimum atomic E-state index is -0.708. The number of phenols is 1. The van der Waals surface area contributed by atoms with Crippen LogP contribution in [0.5, 0.6) is 5.75 Å². The van der Waals surface area contributed by atoms with Gasteiger partial charge in [-0.1, -0.05) is 0 Å². The van der Waals surface area contributed by atoms with E-state index in [2.05, 4.69) is 57.5 Å². The summed E-state index contributed by atoms with van der Waals surface area (Å²) in [6.45, 7) is 0.00511. The molecule has 22 heavy (non-hydrogen) atoms. The minimum Gasteiger partial charge on any atom is -0.507 e. The first-order chi connectivity index (χ1) is 10.3. The maximum Gasteiger partial charge on any atom is 0.341 e. The van der Waals surface area contributed by atoms with Crippen LogP contribution >= 0.6 is 47.8 Å². The van der Waals surface area contributed by atoms with Crippen LogP contribution in [0.3, 0.4) is 0 Å². The Hall–Kier alpha value is -1.19. The van der Waals surface area contributed by atoms with Crippen molar-refractivity contribution in [1.82, 2.24) is 9.55 Å². The van der Waals surface area contributed by atoms with E-state index in [-0.39, 0.29) is 29.2 Å². The molecule has 6 nitrogen and oxygen atoms in total. The number of rotatable bonds is 4. The third kappa shape index (κ3) is 3.41. The van der Waals surface area contributed by atoms with Crippen LogP contribution in [0.1, 0.15) is 20.7 Å². The molecule has 1 heterocycles. The molecule has 0 aliphatic heterocycles. The Morgan fingerprint density at radius 1 is 1.32 bits per heavy atom. The highest BCUT2D eigenvalue weighted by Crippen LogP contribution is 2.27. The third-order valence-corrected chi connectivity index (χ3v) is 5.34. The Kier molecular flexibility index (Phi) is 5.41. The molecule has 0 saturated carbocycles. The average Bonchev–Trinajstić information content (AvgIpc) is 2.73. The molecule has 9 heteroatoms. The van der Waals surface area contributed by atoms with E-state index in [9.17, 15) is 14.7 Å². The highest BCUT2D eigenvalue weighted by atomic mass is 79.9. The van der Waals surface area contributed by atoms with Crippen molar-refractivity contribution in [2.24, 2.45) is 0 Å². The van der Waals surface area contributed by atoms with E-state index in [1.54, 1.807) is 4.57 Å². The molecule has 0 amide bonds. The molecule has 116 valence electrons. The van der Waals surface area contributed by atoms with Crippen molar-refractivity contribution in [3.05, 3.63) is 43.3 Å². The summed E-state index contributed by atoms with van der Waals surface area (Å²) in [5.74, 6) is -1.20. The second-order valence-electron chi connectivity index (χ2n) is 4.20. The lowest BCUT2D eigenvalue weighted by atomic mass is 10.1. The number of ketones is 1. The van der Waals surface area contributed by atoms with Gasteiger partial charge in [0.1, 0.15) is 20.5 Å². The van der Waals surface area contributed by atoms with Crippen LogP contribution in [0.4, 0.5) is 0 Å². The lowest BCUT2D eigenvalue weighted by molar-refractivity contribution is 0.0597. The standard InChI is InChI=1S/C13H9Br3N2O4/c1-22-12(21)7-4-6(2-3-8(7)19)9(20)5-18-11(15)10(14)17-13(18)16/h2-4,19H,5H2,1H3. The van der Waals surface area contributed by atoms with Crippen LogP contribution in [0.2, 0.25) is 0 Å². The maximum atomic E-state index is 12.4. The maximum absolute atomic E-state index is 12.4. The molecule has 0 aliphatic rings. The third-order valence-electron chi connectivity index (χ3n) is 2.85. The van der Waals surface area contributed by atoms with Gasteiger partial charge in [0, 0.05) is 5.56 Å². The van der Waals surface area contributed by atoms with E-state index in [1.807, 2.05) is 0 Å². The van der Waals surface area contributed by atoms with Crippen LogP contribution in [0.15, 0.2) is 32.1 Å². The molecule has 2 aromatic rings. The molecule has 0 spiro atoms. The summed E-state index contributed by atoms with van der Waals surface area (Å²) in [4.78, 5) is 28.0. The van der Waals surface area contributed by atoms with Gasteiger partial charge in [0.15, 0.2) is 10.5 Å². The van der Waals surface area contributed by atoms with Gasteiger partial charge < -0.3 is 14.4 Å². The van der Waals surface area contributed by atoms with Crippen LogP contribution < -0.4 is 0 Å². The number of methoxy groups -OCH3 is 1. The van der Waals surface area contributed by atoms with Crippen molar-refractivity contribution in [2.45, 2.75) is 6.54 Å². The number of nitrogens with zero attached hydrogens (tertiary/aromatic N) is 2. The zero-order valence-electron chi connectivity index (χ0n) is 11.1. The quantitative estimate of drug-likeness (QED) is 0.517. The summed E-state index contributed by atoms with van der Waals surface area (Å²) < 4.78 is 7.83. The van der Waals surface area contributed by atoms with E-state index in [4.69, 9.17) is 0 Å². The molecule has 1 aromatic heterocycles. The molecular weight excluding hydrogens is 488 g/mol. The fourth-order valence-electron chi connectivity index (χ4n) is 1.73. The van der Waals surface area contributed by atoms with Crippen LogP contribution in [0, 0.1) is 0 Å². The van der Waals surface area contributed by atoms with Gasteiger partial charge in [0.2, 0.25) is 0 Å². The van der Waals surface area contributed by atoms with Crippen LogP contribution in [0.25, 0.3) is 0 Å². The van der Waals surface area contributed by atoms with E-state index in [1.165, 1.54) is 25.3 Å². The first-order valence-electron chi connectivity index (χ1n) is 5.86. The summed E-state index contributed by atoms with van der Waals surface area (Å²) in [5.41, 5.74) is 0.222. The van der Waals surface area contributed by atoms with Gasteiger partial charge in [-0.2, -0.15) is 0 Å². The number of esters is 1. The first kappa shape index (κ1) is 17.2. The van der Waals surface area contributed by atoms with Crippen molar-refractivity contribution in [3.63, 3.8) is 0 Å². The lowest BCUT2D eigenvalue weighted by Gasteiger charge is -2.08.